The maximum absolute atomic E-state index is 5.18. The molecular weight excluding hydrogens is 224 g/mol. The molecule has 0 radical (unpaired) electrons. The summed E-state index contributed by atoms with van der Waals surface area (Å²) in [5, 5.41) is 3.47. The van der Waals surface area contributed by atoms with Gasteiger partial charge in [0.05, 0.1) is 7.11 Å². The Morgan fingerprint density at radius 3 is 2.33 bits per heavy atom. The van der Waals surface area contributed by atoms with Crippen molar-refractivity contribution in [1.29, 1.82) is 0 Å². The van der Waals surface area contributed by atoms with Crippen molar-refractivity contribution in [3.05, 3.63) is 29.8 Å². The fourth-order valence-electron chi connectivity index (χ4n) is 2.66. The van der Waals surface area contributed by atoms with Crippen LogP contribution in [0.1, 0.15) is 19.4 Å². The Bertz CT molecular complexity index is 353. The Kier molecular flexibility index (Phi) is 4.61. The van der Waals surface area contributed by atoms with Gasteiger partial charge < -0.3 is 10.1 Å². The van der Waals surface area contributed by atoms with E-state index in [9.17, 15) is 0 Å². The average molecular weight is 248 g/mol. The van der Waals surface area contributed by atoms with E-state index in [1.54, 1.807) is 7.11 Å². The molecule has 0 aliphatic carbocycles. The molecule has 1 aliphatic rings. The molecule has 1 aromatic rings. The van der Waals surface area contributed by atoms with E-state index in [1.807, 2.05) is 12.1 Å². The van der Waals surface area contributed by atoms with Gasteiger partial charge in [0.2, 0.25) is 0 Å². The summed E-state index contributed by atoms with van der Waals surface area (Å²) in [6.45, 7) is 7.95. The summed E-state index contributed by atoms with van der Waals surface area (Å²) in [6.07, 6.45) is 1.11. The van der Waals surface area contributed by atoms with Gasteiger partial charge >= 0.3 is 0 Å². The van der Waals surface area contributed by atoms with Crippen molar-refractivity contribution in [2.24, 2.45) is 0 Å². The van der Waals surface area contributed by atoms with E-state index >= 15 is 0 Å². The summed E-state index contributed by atoms with van der Waals surface area (Å²) in [4.78, 5) is 2.60. The molecular formula is C15H24N2O. The second-order valence-corrected chi connectivity index (χ2v) is 5.19. The van der Waals surface area contributed by atoms with Gasteiger partial charge in [0.25, 0.3) is 0 Å². The first-order chi connectivity index (χ1) is 8.70. The Labute approximate surface area is 110 Å². The minimum atomic E-state index is 0.631. The molecule has 2 rings (SSSR count). The lowest BCUT2D eigenvalue weighted by atomic mass is 10.1. The minimum Gasteiger partial charge on any atom is -0.497 e. The first-order valence-electron chi connectivity index (χ1n) is 6.80. The summed E-state index contributed by atoms with van der Waals surface area (Å²) < 4.78 is 5.18. The third-order valence-corrected chi connectivity index (χ3v) is 3.83. The fraction of sp³-hybridized carbons (Fsp3) is 0.600. The molecule has 1 N–H and O–H groups in total. The maximum atomic E-state index is 5.18. The largest absolute Gasteiger partial charge is 0.497 e. The summed E-state index contributed by atoms with van der Waals surface area (Å²) in [6, 6.07) is 9.67. The Hall–Kier alpha value is -1.06. The third-order valence-electron chi connectivity index (χ3n) is 3.83. The fourth-order valence-corrected chi connectivity index (χ4v) is 2.66. The smallest absolute Gasteiger partial charge is 0.118 e. The minimum absolute atomic E-state index is 0.631. The van der Waals surface area contributed by atoms with Gasteiger partial charge in [-0.15, -0.1) is 0 Å². The lowest BCUT2D eigenvalue weighted by Crippen LogP contribution is -2.55. The summed E-state index contributed by atoms with van der Waals surface area (Å²) >= 11 is 0. The molecule has 0 spiro atoms. The predicted octanol–water partition coefficient (Wildman–Crippen LogP) is 1.92. The molecule has 2 atom stereocenters. The van der Waals surface area contributed by atoms with E-state index in [4.69, 9.17) is 4.74 Å². The van der Waals surface area contributed by atoms with Crippen LogP contribution in [0.25, 0.3) is 0 Å². The van der Waals surface area contributed by atoms with Gasteiger partial charge in [-0.2, -0.15) is 0 Å². The van der Waals surface area contributed by atoms with Crippen molar-refractivity contribution in [3.63, 3.8) is 0 Å². The normalized spacial score (nSPS) is 25.1. The number of hydrogen-bond donors (Lipinski definition) is 1. The second kappa shape index (κ2) is 6.21. The molecule has 0 aromatic heterocycles. The maximum Gasteiger partial charge on any atom is 0.118 e. The van der Waals surface area contributed by atoms with E-state index < -0.39 is 0 Å². The molecule has 0 saturated carbocycles. The zero-order valence-electron chi connectivity index (χ0n) is 11.6. The van der Waals surface area contributed by atoms with Crippen molar-refractivity contribution in [2.45, 2.75) is 32.4 Å². The van der Waals surface area contributed by atoms with Crippen molar-refractivity contribution in [1.82, 2.24) is 10.2 Å². The highest BCUT2D eigenvalue weighted by molar-refractivity contribution is 5.27. The number of piperazine rings is 1. The zero-order chi connectivity index (χ0) is 13.0. The van der Waals surface area contributed by atoms with E-state index in [-0.39, 0.29) is 0 Å². The van der Waals surface area contributed by atoms with Crippen LogP contribution in [0.15, 0.2) is 24.3 Å². The lowest BCUT2D eigenvalue weighted by Gasteiger charge is -2.39. The standard InChI is InChI=1S/C15H24N2O/c1-12-10-16-11-13(2)17(12)9-8-14-4-6-15(18-3)7-5-14/h4-7,12-13,16H,8-11H2,1-3H3. The number of rotatable bonds is 4. The molecule has 18 heavy (non-hydrogen) atoms. The first kappa shape index (κ1) is 13.4. The SMILES string of the molecule is COc1ccc(CCN2C(C)CNCC2C)cc1. The number of nitrogens with zero attached hydrogens (tertiary/aromatic N) is 1. The van der Waals surface area contributed by atoms with Gasteiger partial charge in [-0.3, -0.25) is 4.90 Å². The highest BCUT2D eigenvalue weighted by Crippen LogP contribution is 2.14. The van der Waals surface area contributed by atoms with Crippen LogP contribution in [-0.2, 0) is 6.42 Å². The topological polar surface area (TPSA) is 24.5 Å². The van der Waals surface area contributed by atoms with Crippen LogP contribution in [-0.4, -0.2) is 43.7 Å². The van der Waals surface area contributed by atoms with E-state index in [0.29, 0.717) is 12.1 Å². The number of hydrogen-bond acceptors (Lipinski definition) is 3. The van der Waals surface area contributed by atoms with Gasteiger partial charge in [-0.05, 0) is 38.0 Å². The van der Waals surface area contributed by atoms with Crippen LogP contribution < -0.4 is 10.1 Å². The van der Waals surface area contributed by atoms with Crippen LogP contribution in [0.2, 0.25) is 0 Å². The van der Waals surface area contributed by atoms with E-state index in [0.717, 1.165) is 31.8 Å². The Balaban J connectivity index is 1.89. The number of ether oxygens (including phenoxy) is 1. The molecule has 3 nitrogen and oxygen atoms in total. The van der Waals surface area contributed by atoms with Crippen LogP contribution in [0, 0.1) is 0 Å². The number of nitrogens with one attached hydrogen (secondary N) is 1. The lowest BCUT2D eigenvalue weighted by molar-refractivity contribution is 0.118. The van der Waals surface area contributed by atoms with Gasteiger partial charge in [0, 0.05) is 31.7 Å². The first-order valence-corrected chi connectivity index (χ1v) is 6.80. The van der Waals surface area contributed by atoms with Crippen molar-refractivity contribution in [2.75, 3.05) is 26.7 Å². The summed E-state index contributed by atoms with van der Waals surface area (Å²) in [7, 11) is 1.71. The number of methoxy groups -OCH3 is 1. The van der Waals surface area contributed by atoms with E-state index in [1.165, 1.54) is 5.56 Å². The van der Waals surface area contributed by atoms with E-state index in [2.05, 4.69) is 36.2 Å². The highest BCUT2D eigenvalue weighted by atomic mass is 16.5. The molecule has 3 heteroatoms. The molecule has 1 aliphatic heterocycles. The van der Waals surface area contributed by atoms with Gasteiger partial charge in [0.1, 0.15) is 5.75 Å². The van der Waals surface area contributed by atoms with Crippen LogP contribution in [0.3, 0.4) is 0 Å². The van der Waals surface area contributed by atoms with Crippen LogP contribution >= 0.6 is 0 Å². The zero-order valence-corrected chi connectivity index (χ0v) is 11.6. The molecule has 1 heterocycles. The Morgan fingerprint density at radius 2 is 1.78 bits per heavy atom. The monoisotopic (exact) mass is 248 g/mol. The molecule has 2 unspecified atom stereocenters. The molecule has 1 saturated heterocycles. The van der Waals surface area contributed by atoms with Crippen molar-refractivity contribution in [3.8, 4) is 5.75 Å². The Morgan fingerprint density at radius 1 is 1.17 bits per heavy atom. The third kappa shape index (κ3) is 3.24. The molecule has 1 aromatic carbocycles. The molecule has 1 fully saturated rings. The van der Waals surface area contributed by atoms with Gasteiger partial charge in [0.15, 0.2) is 0 Å². The van der Waals surface area contributed by atoms with Crippen molar-refractivity contribution >= 4 is 0 Å². The van der Waals surface area contributed by atoms with Crippen LogP contribution in [0.4, 0.5) is 0 Å². The molecule has 100 valence electrons. The quantitative estimate of drug-likeness (QED) is 0.881. The van der Waals surface area contributed by atoms with Crippen molar-refractivity contribution < 1.29 is 4.74 Å². The average Bonchev–Trinajstić information content (AvgIpc) is 2.39. The summed E-state index contributed by atoms with van der Waals surface area (Å²) in [5.41, 5.74) is 1.38. The predicted molar refractivity (Wildman–Crippen MR) is 75.2 cm³/mol. The van der Waals surface area contributed by atoms with Gasteiger partial charge in [-0.1, -0.05) is 12.1 Å². The van der Waals surface area contributed by atoms with Gasteiger partial charge in [-0.25, -0.2) is 0 Å². The molecule has 0 amide bonds. The summed E-state index contributed by atoms with van der Waals surface area (Å²) in [5.74, 6) is 0.933. The highest BCUT2D eigenvalue weighted by Gasteiger charge is 2.23. The number of benzene rings is 1. The second-order valence-electron chi connectivity index (χ2n) is 5.19. The molecule has 0 bridgehead atoms. The van der Waals surface area contributed by atoms with Crippen LogP contribution in [0.5, 0.6) is 5.75 Å².